The van der Waals surface area contributed by atoms with Crippen LogP contribution in [0.1, 0.15) is 138 Å². The third-order valence-corrected chi connectivity index (χ3v) is 13.4. The normalized spacial score (nSPS) is 21.8. The van der Waals surface area contributed by atoms with Gasteiger partial charge < -0.3 is 24.7 Å². The van der Waals surface area contributed by atoms with E-state index >= 15 is 0 Å². The van der Waals surface area contributed by atoms with Gasteiger partial charge in [-0.15, -0.1) is 0 Å². The quantitative estimate of drug-likeness (QED) is 0.136. The zero-order valence-corrected chi connectivity index (χ0v) is 37.1. The second-order valence-corrected chi connectivity index (χ2v) is 17.9. The molecule has 3 fully saturated rings. The largest absolute Gasteiger partial charge is 0.421 e. The van der Waals surface area contributed by atoms with Crippen LogP contribution in [0, 0.1) is 17.1 Å². The molecule has 0 saturated heterocycles. The van der Waals surface area contributed by atoms with Gasteiger partial charge in [0.1, 0.15) is 5.82 Å². The van der Waals surface area contributed by atoms with Crippen LogP contribution in [0.4, 0.5) is 30.7 Å². The van der Waals surface area contributed by atoms with E-state index in [1.165, 1.54) is 36.0 Å². The molecular formula is C50H55F7N4O5. The fourth-order valence-corrected chi connectivity index (χ4v) is 9.07. The summed E-state index contributed by atoms with van der Waals surface area (Å²) in [6, 6.07) is 21.6. The van der Waals surface area contributed by atoms with E-state index in [4.69, 9.17) is 10.00 Å². The number of carbonyl (C=O) groups excluding carboxylic acids is 2. The Morgan fingerprint density at radius 1 is 0.682 bits per heavy atom. The van der Waals surface area contributed by atoms with Crippen LogP contribution >= 0.6 is 0 Å². The van der Waals surface area contributed by atoms with Crippen molar-refractivity contribution in [3.8, 4) is 6.07 Å². The number of amides is 2. The smallest absolute Gasteiger partial charge is 0.383 e. The van der Waals surface area contributed by atoms with Crippen molar-refractivity contribution >= 4 is 11.8 Å². The standard InChI is InChI=1S/C26H29F3N2O3.C24H26F4N2O2/c1-25(33,26(27,28)29)22-11-7-21(8-12-22)24(32)31(15-16-34-2)23-13-9-20(10-14-23)19-5-3-18(17-30)4-6-19;1-23(32,24(26,27)28)17-6-2-16(3-7-17)22(31)30(19-10-11-19)18-8-4-15(5-9-18)20-12-13-29-14-21(20)25/h3-8,11-12,20,23,33H,9-10,13-16H2,1-2H3;2-3,6-7,12-15,18-19,32H,4-5,8-11H2,1H3/t20?,23?,25-;15?,18?,23-/m00/s1. The number of methoxy groups -OCH3 is 1. The SMILES string of the molecule is COCCN(C(=O)c1ccc([C@](C)(O)C(F)(F)F)cc1)C1CCC(c2ccc(C#N)cc2)CC1.C[C@](O)(c1ccc(C(=O)N(C2CCC(c3ccncc3F)CC2)C2CC2)cc1)C(F)(F)F. The maximum Gasteiger partial charge on any atom is 0.421 e. The predicted molar refractivity (Wildman–Crippen MR) is 232 cm³/mol. The molecule has 2 N–H and O–H groups in total. The highest BCUT2D eigenvalue weighted by molar-refractivity contribution is 5.95. The van der Waals surface area contributed by atoms with E-state index in [-0.39, 0.29) is 58.4 Å². The molecule has 0 unspecified atom stereocenters. The number of aliphatic hydroxyl groups is 2. The van der Waals surface area contributed by atoms with E-state index < -0.39 is 23.6 Å². The van der Waals surface area contributed by atoms with Gasteiger partial charge in [0.25, 0.3) is 11.8 Å². The molecule has 3 aromatic carbocycles. The molecule has 0 bridgehead atoms. The fourth-order valence-electron chi connectivity index (χ4n) is 9.07. The zero-order valence-electron chi connectivity index (χ0n) is 37.1. The first-order chi connectivity index (χ1) is 31.2. The number of alkyl halides is 6. The van der Waals surface area contributed by atoms with Crippen molar-refractivity contribution in [3.05, 3.63) is 136 Å². The first kappa shape index (κ1) is 50.1. The third kappa shape index (κ3) is 11.4. The average molecular weight is 925 g/mol. The van der Waals surface area contributed by atoms with Gasteiger partial charge in [-0.3, -0.25) is 14.6 Å². The lowest BCUT2D eigenvalue weighted by atomic mass is 9.81. The van der Waals surface area contributed by atoms with Gasteiger partial charge in [-0.1, -0.05) is 36.4 Å². The topological polar surface area (TPSA) is 127 Å². The predicted octanol–water partition coefficient (Wildman–Crippen LogP) is 10.5. The Bertz CT molecular complexity index is 2290. The average Bonchev–Trinajstić information content (AvgIpc) is 4.15. The third-order valence-electron chi connectivity index (χ3n) is 13.4. The lowest BCUT2D eigenvalue weighted by Crippen LogP contribution is -2.44. The summed E-state index contributed by atoms with van der Waals surface area (Å²) >= 11 is 0. The number of benzene rings is 3. The molecular weight excluding hydrogens is 870 g/mol. The van der Waals surface area contributed by atoms with E-state index in [0.29, 0.717) is 49.6 Å². The minimum absolute atomic E-state index is 0.00441. The van der Waals surface area contributed by atoms with Gasteiger partial charge in [0.2, 0.25) is 0 Å². The van der Waals surface area contributed by atoms with Crippen LogP contribution in [0.25, 0.3) is 0 Å². The van der Waals surface area contributed by atoms with Crippen molar-refractivity contribution in [3.63, 3.8) is 0 Å². The molecule has 66 heavy (non-hydrogen) atoms. The Labute approximate surface area is 380 Å². The molecule has 1 aromatic heterocycles. The van der Waals surface area contributed by atoms with Crippen molar-refractivity contribution < 1.29 is 55.3 Å². The molecule has 3 aliphatic rings. The maximum atomic E-state index is 14.1. The molecule has 1 heterocycles. The van der Waals surface area contributed by atoms with E-state index in [0.717, 1.165) is 88.5 Å². The number of rotatable bonds is 12. The monoisotopic (exact) mass is 924 g/mol. The number of hydrogen-bond acceptors (Lipinski definition) is 7. The second kappa shape index (κ2) is 20.7. The zero-order chi connectivity index (χ0) is 48.0. The lowest BCUT2D eigenvalue weighted by molar-refractivity contribution is -0.259. The number of aromatic nitrogens is 1. The van der Waals surface area contributed by atoms with Crippen molar-refractivity contribution in [2.24, 2.45) is 0 Å². The molecule has 7 rings (SSSR count). The van der Waals surface area contributed by atoms with Crippen molar-refractivity contribution in [2.45, 2.75) is 132 Å². The second-order valence-electron chi connectivity index (χ2n) is 17.9. The van der Waals surface area contributed by atoms with Crippen LogP contribution in [0.15, 0.2) is 91.3 Å². The molecule has 0 aliphatic heterocycles. The van der Waals surface area contributed by atoms with E-state index in [1.807, 2.05) is 29.2 Å². The Kier molecular flexibility index (Phi) is 15.7. The van der Waals surface area contributed by atoms with Gasteiger partial charge in [-0.2, -0.15) is 31.6 Å². The summed E-state index contributed by atoms with van der Waals surface area (Å²) in [5.74, 6) is -0.330. The van der Waals surface area contributed by atoms with E-state index in [2.05, 4.69) is 11.1 Å². The van der Waals surface area contributed by atoms with Gasteiger partial charge in [0, 0.05) is 49.1 Å². The highest BCUT2D eigenvalue weighted by Crippen LogP contribution is 2.42. The minimum atomic E-state index is -4.82. The molecule has 9 nitrogen and oxygen atoms in total. The summed E-state index contributed by atoms with van der Waals surface area (Å²) in [5.41, 5.74) is -3.55. The number of halogens is 7. The maximum absolute atomic E-state index is 14.1. The molecule has 16 heteroatoms. The van der Waals surface area contributed by atoms with Crippen molar-refractivity contribution in [1.82, 2.24) is 14.8 Å². The Balaban J connectivity index is 0.000000219. The van der Waals surface area contributed by atoms with Gasteiger partial charge in [-0.05, 0) is 155 Å². The molecule has 0 spiro atoms. The molecule has 2 amide bonds. The Morgan fingerprint density at radius 3 is 1.58 bits per heavy atom. The lowest BCUT2D eigenvalue weighted by Gasteiger charge is -2.37. The summed E-state index contributed by atoms with van der Waals surface area (Å²) in [4.78, 5) is 34.0. The number of carbonyl (C=O) groups is 2. The number of hydrogen-bond donors (Lipinski definition) is 2. The minimum Gasteiger partial charge on any atom is -0.383 e. The highest BCUT2D eigenvalue weighted by atomic mass is 19.4. The summed E-state index contributed by atoms with van der Waals surface area (Å²) in [6.45, 7) is 2.12. The van der Waals surface area contributed by atoms with Crippen LogP contribution in [-0.2, 0) is 15.9 Å². The van der Waals surface area contributed by atoms with Gasteiger partial charge in [-0.25, -0.2) is 4.39 Å². The van der Waals surface area contributed by atoms with Crippen LogP contribution in [0.5, 0.6) is 0 Å². The number of ether oxygens (including phenoxy) is 1. The molecule has 354 valence electrons. The Morgan fingerprint density at radius 2 is 1.14 bits per heavy atom. The molecule has 4 aromatic rings. The molecule has 2 atom stereocenters. The first-order valence-electron chi connectivity index (χ1n) is 22.2. The summed E-state index contributed by atoms with van der Waals surface area (Å²) in [6.07, 6.45) is 1.37. The van der Waals surface area contributed by atoms with Gasteiger partial charge in [0.15, 0.2) is 11.2 Å². The van der Waals surface area contributed by atoms with Crippen LogP contribution < -0.4 is 0 Å². The van der Waals surface area contributed by atoms with Crippen LogP contribution in [0.3, 0.4) is 0 Å². The molecule has 3 saturated carbocycles. The summed E-state index contributed by atoms with van der Waals surface area (Å²) in [5, 5.41) is 28.7. The number of pyridine rings is 1. The molecule has 0 radical (unpaired) electrons. The van der Waals surface area contributed by atoms with Crippen LogP contribution in [-0.4, -0.2) is 87.6 Å². The van der Waals surface area contributed by atoms with E-state index in [9.17, 15) is 50.5 Å². The highest BCUT2D eigenvalue weighted by Gasteiger charge is 2.52. The van der Waals surface area contributed by atoms with Gasteiger partial charge >= 0.3 is 12.4 Å². The van der Waals surface area contributed by atoms with Gasteiger partial charge in [0.05, 0.1) is 24.4 Å². The van der Waals surface area contributed by atoms with E-state index in [1.54, 1.807) is 24.3 Å². The number of nitrogens with zero attached hydrogens (tertiary/aromatic N) is 4. The fraction of sp³-hybridized carbons (Fsp3) is 0.480. The summed E-state index contributed by atoms with van der Waals surface area (Å²) < 4.78 is 97.9. The molecule has 3 aliphatic carbocycles. The summed E-state index contributed by atoms with van der Waals surface area (Å²) in [7, 11) is 1.55. The van der Waals surface area contributed by atoms with Crippen LogP contribution in [0.2, 0.25) is 0 Å². The van der Waals surface area contributed by atoms with Crippen molar-refractivity contribution in [2.75, 3.05) is 20.3 Å². The first-order valence-corrected chi connectivity index (χ1v) is 22.2. The Hall–Kier alpha value is -5.37. The number of nitriles is 1. The van der Waals surface area contributed by atoms with Crippen molar-refractivity contribution in [1.29, 1.82) is 5.26 Å².